The lowest BCUT2D eigenvalue weighted by atomic mass is 9.92. The molecule has 0 unspecified atom stereocenters. The van der Waals surface area contributed by atoms with Gasteiger partial charge in [0.25, 0.3) is 5.91 Å². The number of rotatable bonds is 3. The number of carbonyl (C=O) groups is 2. The van der Waals surface area contributed by atoms with Crippen molar-refractivity contribution in [2.45, 2.75) is 25.9 Å². The molecular weight excluding hydrogens is 308 g/mol. The summed E-state index contributed by atoms with van der Waals surface area (Å²) in [5, 5.41) is 6.20. The zero-order valence-electron chi connectivity index (χ0n) is 12.4. The molecule has 0 aliphatic carbocycles. The Hall–Kier alpha value is -2.77. The Labute approximate surface area is 130 Å². The summed E-state index contributed by atoms with van der Waals surface area (Å²) < 4.78 is 31.5. The third-order valence-corrected chi connectivity index (χ3v) is 3.76. The van der Waals surface area contributed by atoms with Crippen LogP contribution in [0.25, 0.3) is 0 Å². The van der Waals surface area contributed by atoms with Crippen molar-refractivity contribution in [2.75, 3.05) is 0 Å². The first-order valence-electron chi connectivity index (χ1n) is 6.83. The fraction of sp³-hybridized carbons (Fsp3) is 0.267. The minimum absolute atomic E-state index is 0.0925. The monoisotopic (exact) mass is 321 g/mol. The molecule has 0 saturated carbocycles. The number of nitrogens with zero attached hydrogens (tertiary/aromatic N) is 2. The third-order valence-electron chi connectivity index (χ3n) is 3.76. The van der Waals surface area contributed by atoms with E-state index >= 15 is 0 Å². The first-order chi connectivity index (χ1) is 10.8. The highest BCUT2D eigenvalue weighted by molar-refractivity contribution is 6.07. The van der Waals surface area contributed by atoms with Crippen molar-refractivity contribution >= 4 is 11.9 Å². The Bertz CT molecular complexity index is 805. The predicted octanol–water partition coefficient (Wildman–Crippen LogP) is 2.23. The molecule has 8 heteroatoms. The van der Waals surface area contributed by atoms with Crippen molar-refractivity contribution in [1.82, 2.24) is 15.4 Å². The molecule has 120 valence electrons. The smallest absolute Gasteiger partial charge is 0.325 e. The fourth-order valence-corrected chi connectivity index (χ4v) is 2.49. The quantitative estimate of drug-likeness (QED) is 0.880. The summed E-state index contributed by atoms with van der Waals surface area (Å²) in [6, 6.07) is 4.04. The van der Waals surface area contributed by atoms with Crippen molar-refractivity contribution in [1.29, 1.82) is 0 Å². The summed E-state index contributed by atoms with van der Waals surface area (Å²) in [4.78, 5) is 25.7. The van der Waals surface area contributed by atoms with Gasteiger partial charge >= 0.3 is 6.03 Å². The lowest BCUT2D eigenvalue weighted by molar-refractivity contribution is -0.131. The van der Waals surface area contributed by atoms with Crippen LogP contribution < -0.4 is 5.32 Å². The molecule has 1 atom stereocenters. The van der Waals surface area contributed by atoms with Crippen LogP contribution in [0.15, 0.2) is 28.8 Å². The van der Waals surface area contributed by atoms with Gasteiger partial charge in [-0.3, -0.25) is 9.69 Å². The van der Waals surface area contributed by atoms with Gasteiger partial charge in [0.05, 0.1) is 12.2 Å². The lowest BCUT2D eigenvalue weighted by Gasteiger charge is -2.22. The van der Waals surface area contributed by atoms with E-state index in [1.165, 1.54) is 13.0 Å². The normalized spacial score (nSPS) is 21.0. The Morgan fingerprint density at radius 2 is 2.00 bits per heavy atom. The van der Waals surface area contributed by atoms with Crippen molar-refractivity contribution in [3.63, 3.8) is 0 Å². The maximum Gasteiger partial charge on any atom is 0.325 e. The number of aryl methyl sites for hydroxylation is 1. The van der Waals surface area contributed by atoms with Crippen LogP contribution in [-0.4, -0.2) is 22.0 Å². The zero-order chi connectivity index (χ0) is 16.8. The largest absolute Gasteiger partial charge is 0.359 e. The molecule has 1 N–H and O–H groups in total. The van der Waals surface area contributed by atoms with Gasteiger partial charge in [-0.05, 0) is 31.5 Å². The van der Waals surface area contributed by atoms with E-state index in [0.29, 0.717) is 11.5 Å². The molecular formula is C15H13F2N3O3. The predicted molar refractivity (Wildman–Crippen MR) is 74.0 cm³/mol. The van der Waals surface area contributed by atoms with Gasteiger partial charge in [-0.15, -0.1) is 0 Å². The topological polar surface area (TPSA) is 75.4 Å². The SMILES string of the molecule is Cc1cc(CN2C(=O)N[C@@](C)(c3ccc(F)c(F)c3)C2=O)on1. The maximum atomic E-state index is 13.4. The standard InChI is InChI=1S/C15H13F2N3O3/c1-8-5-10(23-19-8)7-20-13(21)15(2,18-14(20)22)9-3-4-11(16)12(17)6-9/h3-6H,7H2,1-2H3,(H,18,22)/t15-/m0/s1. The number of carbonyl (C=O) groups excluding carboxylic acids is 2. The Morgan fingerprint density at radius 3 is 2.61 bits per heavy atom. The summed E-state index contributed by atoms with van der Waals surface area (Å²) in [6.45, 7) is 3.06. The van der Waals surface area contributed by atoms with E-state index in [1.807, 2.05) is 0 Å². The molecule has 3 amide bonds. The number of urea groups is 1. The van der Waals surface area contributed by atoms with Gasteiger partial charge in [-0.1, -0.05) is 11.2 Å². The van der Waals surface area contributed by atoms with Crippen molar-refractivity contribution in [2.24, 2.45) is 0 Å². The fourth-order valence-electron chi connectivity index (χ4n) is 2.49. The average Bonchev–Trinajstić information content (AvgIpc) is 3.00. The molecule has 2 aromatic rings. The number of amides is 3. The van der Waals surface area contributed by atoms with Crippen molar-refractivity contribution in [3.05, 3.63) is 52.9 Å². The van der Waals surface area contributed by atoms with E-state index < -0.39 is 29.1 Å². The Balaban J connectivity index is 1.91. The van der Waals surface area contributed by atoms with Crippen LogP contribution in [0.5, 0.6) is 0 Å². The van der Waals surface area contributed by atoms with E-state index in [4.69, 9.17) is 4.52 Å². The van der Waals surface area contributed by atoms with Crippen LogP contribution in [0.4, 0.5) is 13.6 Å². The molecule has 1 aliphatic rings. The van der Waals surface area contributed by atoms with E-state index in [1.54, 1.807) is 13.0 Å². The minimum Gasteiger partial charge on any atom is -0.359 e. The highest BCUT2D eigenvalue weighted by atomic mass is 19.2. The van der Waals surface area contributed by atoms with Crippen LogP contribution in [0, 0.1) is 18.6 Å². The molecule has 0 spiro atoms. The maximum absolute atomic E-state index is 13.4. The average molecular weight is 321 g/mol. The van der Waals surface area contributed by atoms with Gasteiger partial charge in [-0.2, -0.15) is 0 Å². The summed E-state index contributed by atoms with van der Waals surface area (Å²) in [7, 11) is 0. The molecule has 2 heterocycles. The van der Waals surface area contributed by atoms with E-state index in [9.17, 15) is 18.4 Å². The van der Waals surface area contributed by atoms with Gasteiger partial charge in [0, 0.05) is 6.07 Å². The van der Waals surface area contributed by atoms with Gasteiger partial charge in [0.2, 0.25) is 0 Å². The minimum atomic E-state index is -1.47. The highest BCUT2D eigenvalue weighted by Gasteiger charge is 2.49. The second kappa shape index (κ2) is 5.15. The van der Waals surface area contributed by atoms with Gasteiger partial charge in [0.1, 0.15) is 5.54 Å². The summed E-state index contributed by atoms with van der Waals surface area (Å²) in [5.41, 5.74) is -0.692. The van der Waals surface area contributed by atoms with Crippen LogP contribution in [0.3, 0.4) is 0 Å². The lowest BCUT2D eigenvalue weighted by Crippen LogP contribution is -2.41. The zero-order valence-corrected chi connectivity index (χ0v) is 12.4. The number of hydrogen-bond acceptors (Lipinski definition) is 4. The molecule has 1 aliphatic heterocycles. The summed E-state index contributed by atoms with van der Waals surface area (Å²) in [6.07, 6.45) is 0. The summed E-state index contributed by atoms with van der Waals surface area (Å²) in [5.74, 6) is -2.35. The van der Waals surface area contributed by atoms with Gasteiger partial charge in [0.15, 0.2) is 17.4 Å². The third kappa shape index (κ3) is 2.45. The van der Waals surface area contributed by atoms with E-state index in [-0.39, 0.29) is 12.1 Å². The van der Waals surface area contributed by atoms with E-state index in [2.05, 4.69) is 10.5 Å². The highest BCUT2D eigenvalue weighted by Crippen LogP contribution is 2.30. The summed E-state index contributed by atoms with van der Waals surface area (Å²) >= 11 is 0. The van der Waals surface area contributed by atoms with Crippen LogP contribution in [0.2, 0.25) is 0 Å². The number of hydrogen-bond donors (Lipinski definition) is 1. The van der Waals surface area contributed by atoms with Gasteiger partial charge < -0.3 is 9.84 Å². The Morgan fingerprint density at radius 1 is 1.26 bits per heavy atom. The number of aromatic nitrogens is 1. The molecule has 1 aromatic carbocycles. The second-order valence-corrected chi connectivity index (χ2v) is 5.51. The number of halogens is 2. The Kier molecular flexibility index (Phi) is 3.39. The molecule has 1 saturated heterocycles. The molecule has 6 nitrogen and oxygen atoms in total. The first kappa shape index (κ1) is 15.1. The van der Waals surface area contributed by atoms with E-state index in [0.717, 1.165) is 17.0 Å². The molecule has 3 rings (SSSR count). The van der Waals surface area contributed by atoms with Crippen LogP contribution in [-0.2, 0) is 16.9 Å². The molecule has 1 aromatic heterocycles. The van der Waals surface area contributed by atoms with Gasteiger partial charge in [-0.25, -0.2) is 13.6 Å². The second-order valence-electron chi connectivity index (χ2n) is 5.51. The van der Waals surface area contributed by atoms with Crippen molar-refractivity contribution < 1.29 is 22.9 Å². The number of benzene rings is 1. The number of nitrogens with one attached hydrogen (secondary N) is 1. The number of imide groups is 1. The molecule has 1 fully saturated rings. The molecule has 0 radical (unpaired) electrons. The van der Waals surface area contributed by atoms with Crippen LogP contribution >= 0.6 is 0 Å². The molecule has 23 heavy (non-hydrogen) atoms. The van der Waals surface area contributed by atoms with Crippen LogP contribution in [0.1, 0.15) is 23.9 Å². The first-order valence-corrected chi connectivity index (χ1v) is 6.83. The molecule has 0 bridgehead atoms. The van der Waals surface area contributed by atoms with Crippen molar-refractivity contribution in [3.8, 4) is 0 Å².